The molecule has 2 rings (SSSR count). The zero-order valence-corrected chi connectivity index (χ0v) is 17.5. The maximum absolute atomic E-state index is 12.8. The van der Waals surface area contributed by atoms with Gasteiger partial charge in [0.1, 0.15) is 0 Å². The highest BCUT2D eigenvalue weighted by Gasteiger charge is 2.34. The predicted molar refractivity (Wildman–Crippen MR) is 101 cm³/mol. The summed E-state index contributed by atoms with van der Waals surface area (Å²) in [6, 6.07) is 3.23. The standard InChI is InChI=1S/C19H27F3N2O4S/c1-18(2,17(23)25)12-28-15-8-6-14(7-9-15)24(3)29(26,27)16-10-4-13(5-11-16)19(20,21)22/h4-5,10-11,14-15H,6-9,12H2,1-3H3,(H2,23,25). The summed E-state index contributed by atoms with van der Waals surface area (Å²) in [6.45, 7) is 3.59. The maximum Gasteiger partial charge on any atom is 0.416 e. The van der Waals surface area contributed by atoms with E-state index in [2.05, 4.69) is 0 Å². The average Bonchev–Trinajstić information content (AvgIpc) is 2.65. The van der Waals surface area contributed by atoms with E-state index in [1.807, 2.05) is 0 Å². The number of carbonyl (C=O) groups is 1. The molecular weight excluding hydrogens is 409 g/mol. The van der Waals surface area contributed by atoms with E-state index in [0.717, 1.165) is 24.3 Å². The minimum Gasteiger partial charge on any atom is -0.377 e. The first-order chi connectivity index (χ1) is 13.2. The smallest absolute Gasteiger partial charge is 0.377 e. The first-order valence-electron chi connectivity index (χ1n) is 9.32. The van der Waals surface area contributed by atoms with Crippen LogP contribution in [-0.2, 0) is 25.7 Å². The lowest BCUT2D eigenvalue weighted by Gasteiger charge is -2.35. The van der Waals surface area contributed by atoms with Crippen LogP contribution in [0.3, 0.4) is 0 Å². The van der Waals surface area contributed by atoms with Gasteiger partial charge < -0.3 is 10.5 Å². The number of rotatable bonds is 7. The van der Waals surface area contributed by atoms with Crippen LogP contribution in [-0.4, -0.2) is 44.4 Å². The topological polar surface area (TPSA) is 89.7 Å². The predicted octanol–water partition coefficient (Wildman–Crippen LogP) is 3.17. The number of hydrogen-bond acceptors (Lipinski definition) is 4. The van der Waals surface area contributed by atoms with Crippen molar-refractivity contribution in [1.82, 2.24) is 4.31 Å². The molecule has 1 aliphatic rings. The van der Waals surface area contributed by atoms with Crippen molar-refractivity contribution in [3.63, 3.8) is 0 Å². The second-order valence-electron chi connectivity index (χ2n) is 8.03. The van der Waals surface area contributed by atoms with Crippen LogP contribution < -0.4 is 5.73 Å². The molecule has 1 amide bonds. The van der Waals surface area contributed by atoms with E-state index in [0.29, 0.717) is 25.7 Å². The Balaban J connectivity index is 1.97. The van der Waals surface area contributed by atoms with E-state index in [1.165, 1.54) is 11.4 Å². The van der Waals surface area contributed by atoms with Gasteiger partial charge in [0.15, 0.2) is 0 Å². The number of nitrogens with zero attached hydrogens (tertiary/aromatic N) is 1. The van der Waals surface area contributed by atoms with Gasteiger partial charge >= 0.3 is 6.18 Å². The maximum atomic E-state index is 12.8. The summed E-state index contributed by atoms with van der Waals surface area (Å²) in [4.78, 5) is 11.2. The van der Waals surface area contributed by atoms with Crippen LogP contribution in [0.4, 0.5) is 13.2 Å². The Morgan fingerprint density at radius 1 is 1.14 bits per heavy atom. The van der Waals surface area contributed by atoms with Crippen molar-refractivity contribution >= 4 is 15.9 Å². The first kappa shape index (κ1) is 23.6. The van der Waals surface area contributed by atoms with Gasteiger partial charge in [-0.1, -0.05) is 0 Å². The van der Waals surface area contributed by atoms with E-state index < -0.39 is 33.1 Å². The number of nitrogens with two attached hydrogens (primary N) is 1. The van der Waals surface area contributed by atoms with Gasteiger partial charge in [0.25, 0.3) is 0 Å². The van der Waals surface area contributed by atoms with Crippen LogP contribution in [0.5, 0.6) is 0 Å². The molecule has 0 aliphatic heterocycles. The zero-order valence-electron chi connectivity index (χ0n) is 16.7. The van der Waals surface area contributed by atoms with Crippen molar-refractivity contribution in [2.75, 3.05) is 13.7 Å². The third-order valence-corrected chi connectivity index (χ3v) is 7.29. The number of carbonyl (C=O) groups excluding carboxylic acids is 1. The molecule has 164 valence electrons. The molecule has 29 heavy (non-hydrogen) atoms. The van der Waals surface area contributed by atoms with Crippen LogP contribution in [0.2, 0.25) is 0 Å². The van der Waals surface area contributed by atoms with E-state index >= 15 is 0 Å². The van der Waals surface area contributed by atoms with Crippen LogP contribution >= 0.6 is 0 Å². The lowest BCUT2D eigenvalue weighted by Crippen LogP contribution is -2.42. The normalized spacial score (nSPS) is 21.3. The largest absolute Gasteiger partial charge is 0.416 e. The fourth-order valence-electron chi connectivity index (χ4n) is 3.15. The second-order valence-corrected chi connectivity index (χ2v) is 10.0. The third kappa shape index (κ3) is 5.70. The molecule has 1 aliphatic carbocycles. The van der Waals surface area contributed by atoms with Gasteiger partial charge in [-0.25, -0.2) is 8.42 Å². The van der Waals surface area contributed by atoms with Gasteiger partial charge in [0.2, 0.25) is 15.9 Å². The number of ether oxygens (including phenoxy) is 1. The zero-order chi connectivity index (χ0) is 22.0. The van der Waals surface area contributed by atoms with E-state index in [4.69, 9.17) is 10.5 Å². The van der Waals surface area contributed by atoms with Gasteiger partial charge in [0, 0.05) is 13.1 Å². The third-order valence-electron chi connectivity index (χ3n) is 5.36. The highest BCUT2D eigenvalue weighted by atomic mass is 32.2. The number of hydrogen-bond donors (Lipinski definition) is 1. The van der Waals surface area contributed by atoms with Crippen molar-refractivity contribution in [3.8, 4) is 0 Å². The van der Waals surface area contributed by atoms with Gasteiger partial charge in [0.05, 0.1) is 28.6 Å². The van der Waals surface area contributed by atoms with Gasteiger partial charge in [-0.3, -0.25) is 4.79 Å². The average molecular weight is 436 g/mol. The molecule has 1 aromatic carbocycles. The van der Waals surface area contributed by atoms with Crippen LogP contribution in [0, 0.1) is 5.41 Å². The van der Waals surface area contributed by atoms with Crippen molar-refractivity contribution in [2.45, 2.75) is 62.7 Å². The fourth-order valence-corrected chi connectivity index (χ4v) is 4.57. The highest BCUT2D eigenvalue weighted by molar-refractivity contribution is 7.89. The number of amides is 1. The lowest BCUT2D eigenvalue weighted by molar-refractivity contribution is -0.137. The minimum atomic E-state index is -4.52. The number of alkyl halides is 3. The Labute approximate surface area is 169 Å². The molecule has 0 heterocycles. The van der Waals surface area contributed by atoms with E-state index in [9.17, 15) is 26.4 Å². The van der Waals surface area contributed by atoms with Gasteiger partial charge in [-0.2, -0.15) is 17.5 Å². The van der Waals surface area contributed by atoms with Crippen molar-refractivity contribution in [1.29, 1.82) is 0 Å². The summed E-state index contributed by atoms with van der Waals surface area (Å²) < 4.78 is 70.6. The Morgan fingerprint density at radius 2 is 1.66 bits per heavy atom. The van der Waals surface area contributed by atoms with Crippen molar-refractivity contribution in [3.05, 3.63) is 29.8 Å². The number of sulfonamides is 1. The van der Waals surface area contributed by atoms with Crippen LogP contribution in [0.15, 0.2) is 29.2 Å². The second kappa shape index (κ2) is 8.61. The molecule has 0 spiro atoms. The highest BCUT2D eigenvalue weighted by Crippen LogP contribution is 2.32. The molecule has 0 atom stereocenters. The van der Waals surface area contributed by atoms with Gasteiger partial charge in [-0.15, -0.1) is 0 Å². The summed E-state index contributed by atoms with van der Waals surface area (Å²) in [5.74, 6) is -0.450. The monoisotopic (exact) mass is 436 g/mol. The first-order valence-corrected chi connectivity index (χ1v) is 10.8. The summed E-state index contributed by atoms with van der Waals surface area (Å²) in [5.41, 5.74) is 3.66. The molecule has 0 saturated heterocycles. The molecule has 1 saturated carbocycles. The van der Waals surface area contributed by atoms with Crippen molar-refractivity contribution < 1.29 is 31.1 Å². The quantitative estimate of drug-likeness (QED) is 0.711. The molecule has 2 N–H and O–H groups in total. The lowest BCUT2D eigenvalue weighted by atomic mass is 9.91. The minimum absolute atomic E-state index is 0.0907. The Kier molecular flexibility index (Phi) is 7.01. The van der Waals surface area contributed by atoms with Crippen LogP contribution in [0.25, 0.3) is 0 Å². The molecule has 1 aromatic rings. The molecule has 6 nitrogen and oxygen atoms in total. The SMILES string of the molecule is CN(C1CCC(OCC(C)(C)C(N)=O)CC1)S(=O)(=O)c1ccc(C(F)(F)F)cc1. The number of benzene rings is 1. The molecule has 10 heteroatoms. The van der Waals surface area contributed by atoms with E-state index in [-0.39, 0.29) is 23.6 Å². The molecular formula is C19H27F3N2O4S. The number of halogens is 3. The Hall–Kier alpha value is -1.65. The van der Waals surface area contributed by atoms with Crippen LogP contribution in [0.1, 0.15) is 45.1 Å². The Bertz CT molecular complexity index is 815. The molecule has 0 radical (unpaired) electrons. The summed E-state index contributed by atoms with van der Waals surface area (Å²) in [5, 5.41) is 0. The summed E-state index contributed by atoms with van der Waals surface area (Å²) in [6.07, 6.45) is -2.27. The number of primary amides is 1. The molecule has 0 aromatic heterocycles. The van der Waals surface area contributed by atoms with E-state index in [1.54, 1.807) is 13.8 Å². The summed E-state index contributed by atoms with van der Waals surface area (Å²) in [7, 11) is -2.46. The molecule has 1 fully saturated rings. The van der Waals surface area contributed by atoms with Crippen molar-refractivity contribution in [2.24, 2.45) is 11.1 Å². The molecule has 0 unspecified atom stereocenters. The fraction of sp³-hybridized carbons (Fsp3) is 0.632. The summed E-state index contributed by atoms with van der Waals surface area (Å²) >= 11 is 0. The van der Waals surface area contributed by atoms with Gasteiger partial charge in [-0.05, 0) is 63.8 Å². The molecule has 0 bridgehead atoms. The Morgan fingerprint density at radius 3 is 2.10 bits per heavy atom.